The van der Waals surface area contributed by atoms with E-state index in [4.69, 9.17) is 10.9 Å². The Morgan fingerprint density at radius 2 is 1.65 bits per heavy atom. The summed E-state index contributed by atoms with van der Waals surface area (Å²) in [6, 6.07) is 0.196. The molecule has 5 nitrogen and oxygen atoms in total. The van der Waals surface area contributed by atoms with Crippen LogP contribution in [-0.4, -0.2) is 34.9 Å². The van der Waals surface area contributed by atoms with Crippen molar-refractivity contribution < 1.29 is 10.0 Å². The van der Waals surface area contributed by atoms with E-state index in [0.717, 1.165) is 25.7 Å². The van der Waals surface area contributed by atoms with Crippen molar-refractivity contribution in [1.29, 1.82) is 0 Å². The average Bonchev–Trinajstić information content (AvgIpc) is 2.46. The summed E-state index contributed by atoms with van der Waals surface area (Å²) >= 11 is 0. The number of amides is 1. The second-order valence-electron chi connectivity index (χ2n) is 5.45. The lowest BCUT2D eigenvalue weighted by Gasteiger charge is -2.37. The molecule has 0 rings (SSSR count). The van der Waals surface area contributed by atoms with Crippen molar-refractivity contribution in [2.75, 3.05) is 7.05 Å². The first kappa shape index (κ1) is 18.7. The molecule has 0 saturated heterocycles. The first-order chi connectivity index (χ1) is 9.44. The third-order valence-electron chi connectivity index (χ3n) is 4.17. The average molecular weight is 285 g/mol. The van der Waals surface area contributed by atoms with Crippen LogP contribution in [0, 0.1) is 5.41 Å². The van der Waals surface area contributed by atoms with Crippen LogP contribution in [0.4, 0.5) is 0 Å². The van der Waals surface area contributed by atoms with E-state index in [0.29, 0.717) is 12.8 Å². The molecule has 0 fully saturated rings. The predicted octanol–water partition coefficient (Wildman–Crippen LogP) is 2.97. The SMILES string of the molecule is CCCC(CCC)(C(=O)N(C)C(CC)CC)C(N)=NO. The van der Waals surface area contributed by atoms with Gasteiger partial charge in [0.25, 0.3) is 0 Å². The van der Waals surface area contributed by atoms with Gasteiger partial charge in [-0.2, -0.15) is 0 Å². The first-order valence-electron chi connectivity index (χ1n) is 7.70. The predicted molar refractivity (Wildman–Crippen MR) is 82.8 cm³/mol. The molecular weight excluding hydrogens is 254 g/mol. The van der Waals surface area contributed by atoms with Crippen molar-refractivity contribution in [1.82, 2.24) is 4.90 Å². The van der Waals surface area contributed by atoms with Gasteiger partial charge in [0.1, 0.15) is 5.41 Å². The van der Waals surface area contributed by atoms with Gasteiger partial charge in [0.2, 0.25) is 5.91 Å². The maximum atomic E-state index is 13.0. The number of hydrogen-bond acceptors (Lipinski definition) is 3. The van der Waals surface area contributed by atoms with E-state index in [2.05, 4.69) is 19.0 Å². The Morgan fingerprint density at radius 1 is 1.20 bits per heavy atom. The quantitative estimate of drug-likeness (QED) is 0.296. The zero-order valence-electron chi connectivity index (χ0n) is 13.6. The Labute approximate surface area is 123 Å². The van der Waals surface area contributed by atoms with Gasteiger partial charge in [0.15, 0.2) is 5.84 Å². The van der Waals surface area contributed by atoms with E-state index in [1.54, 1.807) is 4.90 Å². The fourth-order valence-corrected chi connectivity index (χ4v) is 2.99. The molecule has 0 bridgehead atoms. The minimum absolute atomic E-state index is 0.0230. The monoisotopic (exact) mass is 285 g/mol. The summed E-state index contributed by atoms with van der Waals surface area (Å²) in [5.74, 6) is 0.0224. The number of nitrogens with two attached hydrogens (primary N) is 1. The fraction of sp³-hybridized carbons (Fsp3) is 0.867. The summed E-state index contributed by atoms with van der Waals surface area (Å²) in [4.78, 5) is 14.7. The van der Waals surface area contributed by atoms with Crippen LogP contribution in [0.5, 0.6) is 0 Å². The first-order valence-corrected chi connectivity index (χ1v) is 7.70. The van der Waals surface area contributed by atoms with Crippen LogP contribution >= 0.6 is 0 Å². The topological polar surface area (TPSA) is 78.9 Å². The molecule has 0 aliphatic rings. The molecule has 0 aliphatic carbocycles. The molecule has 0 atom stereocenters. The summed E-state index contributed by atoms with van der Waals surface area (Å²) in [6.45, 7) is 8.17. The Morgan fingerprint density at radius 3 is 1.95 bits per heavy atom. The molecule has 20 heavy (non-hydrogen) atoms. The standard InChI is InChI=1S/C15H31N3O2/c1-6-10-15(11-7-2,13(16)17-20)14(19)18(5)12(8-3)9-4/h12,20H,6-11H2,1-5H3,(H2,16,17). The van der Waals surface area contributed by atoms with Crippen molar-refractivity contribution >= 4 is 11.7 Å². The Kier molecular flexibility index (Phi) is 8.26. The van der Waals surface area contributed by atoms with E-state index in [-0.39, 0.29) is 17.8 Å². The Bertz CT molecular complexity index is 319. The number of carbonyl (C=O) groups excluding carboxylic acids is 1. The van der Waals surface area contributed by atoms with Gasteiger partial charge in [-0.25, -0.2) is 0 Å². The molecule has 0 aliphatic heterocycles. The molecular formula is C15H31N3O2. The van der Waals surface area contributed by atoms with Crippen LogP contribution in [0.2, 0.25) is 0 Å². The number of oxime groups is 1. The molecule has 0 aromatic heterocycles. The second kappa shape index (κ2) is 8.82. The summed E-state index contributed by atoms with van der Waals surface area (Å²) in [5.41, 5.74) is 5.03. The summed E-state index contributed by atoms with van der Waals surface area (Å²) in [6.07, 6.45) is 4.67. The highest BCUT2D eigenvalue weighted by molar-refractivity contribution is 6.06. The van der Waals surface area contributed by atoms with Gasteiger partial charge >= 0.3 is 0 Å². The van der Waals surface area contributed by atoms with E-state index in [1.165, 1.54) is 0 Å². The lowest BCUT2D eigenvalue weighted by atomic mass is 9.76. The minimum atomic E-state index is -0.865. The summed E-state index contributed by atoms with van der Waals surface area (Å²) in [7, 11) is 1.82. The largest absolute Gasteiger partial charge is 0.409 e. The van der Waals surface area contributed by atoms with Crippen LogP contribution in [0.15, 0.2) is 5.16 Å². The van der Waals surface area contributed by atoms with Gasteiger partial charge in [-0.05, 0) is 25.7 Å². The lowest BCUT2D eigenvalue weighted by molar-refractivity contribution is -0.140. The highest BCUT2D eigenvalue weighted by Gasteiger charge is 2.44. The van der Waals surface area contributed by atoms with Crippen LogP contribution in [0.1, 0.15) is 66.2 Å². The number of carbonyl (C=O) groups is 1. The third kappa shape index (κ3) is 3.87. The van der Waals surface area contributed by atoms with E-state index in [9.17, 15) is 4.79 Å². The molecule has 0 aromatic rings. The molecule has 0 radical (unpaired) electrons. The molecule has 0 aromatic carbocycles. The van der Waals surface area contributed by atoms with Gasteiger partial charge in [0.05, 0.1) is 0 Å². The molecule has 5 heteroatoms. The summed E-state index contributed by atoms with van der Waals surface area (Å²) < 4.78 is 0. The van der Waals surface area contributed by atoms with Crippen LogP contribution < -0.4 is 5.73 Å². The van der Waals surface area contributed by atoms with Crippen molar-refractivity contribution in [3.8, 4) is 0 Å². The molecule has 0 unspecified atom stereocenters. The molecule has 0 saturated carbocycles. The van der Waals surface area contributed by atoms with Crippen LogP contribution in [0.3, 0.4) is 0 Å². The van der Waals surface area contributed by atoms with Gasteiger partial charge in [-0.1, -0.05) is 45.7 Å². The van der Waals surface area contributed by atoms with E-state index in [1.807, 2.05) is 20.9 Å². The van der Waals surface area contributed by atoms with Crippen LogP contribution in [0.25, 0.3) is 0 Å². The van der Waals surface area contributed by atoms with Crippen molar-refractivity contribution in [2.45, 2.75) is 72.3 Å². The summed E-state index contributed by atoms with van der Waals surface area (Å²) in [5, 5.41) is 12.3. The number of nitrogens with zero attached hydrogens (tertiary/aromatic N) is 2. The molecule has 1 amide bonds. The highest BCUT2D eigenvalue weighted by Crippen LogP contribution is 2.33. The highest BCUT2D eigenvalue weighted by atomic mass is 16.4. The molecule has 3 N–H and O–H groups in total. The molecule has 118 valence electrons. The maximum absolute atomic E-state index is 13.0. The van der Waals surface area contributed by atoms with Crippen molar-refractivity contribution in [3.05, 3.63) is 0 Å². The van der Waals surface area contributed by atoms with Gasteiger partial charge in [-0.15, -0.1) is 0 Å². The van der Waals surface area contributed by atoms with E-state index < -0.39 is 5.41 Å². The maximum Gasteiger partial charge on any atom is 0.236 e. The number of amidine groups is 1. The zero-order chi connectivity index (χ0) is 15.8. The normalized spacial score (nSPS) is 12.8. The third-order valence-corrected chi connectivity index (χ3v) is 4.17. The number of hydrogen-bond donors (Lipinski definition) is 2. The second-order valence-corrected chi connectivity index (χ2v) is 5.45. The van der Waals surface area contributed by atoms with Crippen LogP contribution in [-0.2, 0) is 4.79 Å². The number of rotatable bonds is 9. The van der Waals surface area contributed by atoms with Gasteiger partial charge in [0, 0.05) is 13.1 Å². The van der Waals surface area contributed by atoms with Crippen molar-refractivity contribution in [2.24, 2.45) is 16.3 Å². The van der Waals surface area contributed by atoms with Crippen molar-refractivity contribution in [3.63, 3.8) is 0 Å². The molecule has 0 spiro atoms. The minimum Gasteiger partial charge on any atom is -0.409 e. The molecule has 0 heterocycles. The van der Waals surface area contributed by atoms with E-state index >= 15 is 0 Å². The van der Waals surface area contributed by atoms with Gasteiger partial charge < -0.3 is 15.8 Å². The fourth-order valence-electron chi connectivity index (χ4n) is 2.99. The zero-order valence-corrected chi connectivity index (χ0v) is 13.6. The van der Waals surface area contributed by atoms with Gasteiger partial charge in [-0.3, -0.25) is 4.79 Å². The Balaban J connectivity index is 5.54. The Hall–Kier alpha value is -1.26. The lowest BCUT2D eigenvalue weighted by Crippen LogP contribution is -2.52. The smallest absolute Gasteiger partial charge is 0.236 e.